The molecule has 0 aliphatic rings. The summed E-state index contributed by atoms with van der Waals surface area (Å²) >= 11 is 0. The number of hydrogen-bond donors (Lipinski definition) is 0. The van der Waals surface area contributed by atoms with Crippen molar-refractivity contribution in [3.63, 3.8) is 0 Å². The molecule has 19 heavy (non-hydrogen) atoms. The molecule has 2 aromatic heterocycles. The third kappa shape index (κ3) is 1.45. The van der Waals surface area contributed by atoms with Gasteiger partial charge in [0.05, 0.1) is 10.9 Å². The van der Waals surface area contributed by atoms with Crippen LogP contribution in [0.3, 0.4) is 0 Å². The summed E-state index contributed by atoms with van der Waals surface area (Å²) < 4.78 is 5.32. The van der Waals surface area contributed by atoms with Gasteiger partial charge < -0.3 is 4.42 Å². The molecule has 2 aromatic carbocycles. The molecule has 3 heteroatoms. The summed E-state index contributed by atoms with van der Waals surface area (Å²) in [4.78, 5) is 16.3. The molecular weight excluding hydrogens is 238 g/mol. The Kier molecular flexibility index (Phi) is 1.97. The molecule has 0 saturated carbocycles. The number of aromatic nitrogens is 1. The van der Waals surface area contributed by atoms with Crippen LogP contribution in [0, 0.1) is 0 Å². The van der Waals surface area contributed by atoms with Crippen LogP contribution in [0.5, 0.6) is 0 Å². The van der Waals surface area contributed by atoms with Gasteiger partial charge in [0.25, 0.3) is 0 Å². The zero-order valence-electron chi connectivity index (χ0n) is 9.96. The van der Waals surface area contributed by atoms with Gasteiger partial charge in [-0.15, -0.1) is 0 Å². The summed E-state index contributed by atoms with van der Waals surface area (Å²) in [6, 6.07) is 17.3. The van der Waals surface area contributed by atoms with Gasteiger partial charge in [-0.05, 0) is 18.2 Å². The van der Waals surface area contributed by atoms with Crippen LogP contribution in [0.4, 0.5) is 0 Å². The van der Waals surface area contributed by atoms with E-state index in [0.29, 0.717) is 11.1 Å². The van der Waals surface area contributed by atoms with Crippen LogP contribution in [0.1, 0.15) is 0 Å². The Morgan fingerprint density at radius 1 is 0.842 bits per heavy atom. The second-order valence-electron chi connectivity index (χ2n) is 4.47. The van der Waals surface area contributed by atoms with Crippen molar-refractivity contribution in [1.29, 1.82) is 0 Å². The minimum Gasteiger partial charge on any atom is -0.403 e. The Balaban J connectivity index is 2.32. The highest BCUT2D eigenvalue weighted by atomic mass is 16.4. The van der Waals surface area contributed by atoms with E-state index in [0.717, 1.165) is 21.7 Å². The number of pyridine rings is 1. The molecule has 0 bridgehead atoms. The van der Waals surface area contributed by atoms with E-state index < -0.39 is 0 Å². The topological polar surface area (TPSA) is 43.1 Å². The van der Waals surface area contributed by atoms with Gasteiger partial charge in [-0.1, -0.05) is 36.4 Å². The molecule has 90 valence electrons. The van der Waals surface area contributed by atoms with Crippen LogP contribution < -0.4 is 5.63 Å². The van der Waals surface area contributed by atoms with Gasteiger partial charge in [-0.2, -0.15) is 0 Å². The van der Waals surface area contributed by atoms with Crippen molar-refractivity contribution in [3.05, 3.63) is 65.0 Å². The molecule has 0 fully saturated rings. The van der Waals surface area contributed by atoms with Gasteiger partial charge in [0.15, 0.2) is 0 Å². The minimum atomic E-state index is -0.342. The second-order valence-corrected chi connectivity index (χ2v) is 4.47. The monoisotopic (exact) mass is 247 g/mol. The number of fused-ring (bicyclic) bond motifs is 4. The molecule has 0 N–H and O–H groups in total. The first-order chi connectivity index (χ1) is 9.33. The van der Waals surface area contributed by atoms with Crippen molar-refractivity contribution in [2.75, 3.05) is 0 Å². The Bertz CT molecular complexity index is 986. The van der Waals surface area contributed by atoms with Crippen molar-refractivity contribution in [1.82, 2.24) is 4.98 Å². The largest absolute Gasteiger partial charge is 0.403 e. The first-order valence-electron chi connectivity index (χ1n) is 6.04. The molecule has 0 saturated heterocycles. The normalized spacial score (nSPS) is 11.4. The molecule has 0 aliphatic heterocycles. The van der Waals surface area contributed by atoms with Gasteiger partial charge in [-0.25, -0.2) is 9.78 Å². The summed E-state index contributed by atoms with van der Waals surface area (Å²) in [5.74, 6) is 0. The number of rotatable bonds is 0. The highest BCUT2D eigenvalue weighted by molar-refractivity contribution is 6.06. The molecule has 0 radical (unpaired) electrons. The van der Waals surface area contributed by atoms with Crippen LogP contribution in [-0.2, 0) is 0 Å². The molecule has 0 spiro atoms. The van der Waals surface area contributed by atoms with Gasteiger partial charge in [0, 0.05) is 16.2 Å². The van der Waals surface area contributed by atoms with Gasteiger partial charge in [0.1, 0.15) is 0 Å². The molecule has 0 atom stereocenters. The lowest BCUT2D eigenvalue weighted by Crippen LogP contribution is -2.00. The number of para-hydroxylation sites is 1. The SMILES string of the molecule is O=c1oc2nc3ccccc3cc2c2ccccc12. The van der Waals surface area contributed by atoms with Gasteiger partial charge in [0.2, 0.25) is 5.71 Å². The minimum absolute atomic E-state index is 0.342. The van der Waals surface area contributed by atoms with E-state index in [1.165, 1.54) is 0 Å². The second kappa shape index (κ2) is 3.65. The lowest BCUT2D eigenvalue weighted by molar-refractivity contribution is 0.559. The van der Waals surface area contributed by atoms with Crippen molar-refractivity contribution >= 4 is 32.8 Å². The maximum absolute atomic E-state index is 11.9. The zero-order valence-corrected chi connectivity index (χ0v) is 9.96. The third-order valence-corrected chi connectivity index (χ3v) is 3.32. The third-order valence-electron chi connectivity index (χ3n) is 3.32. The molecule has 0 unspecified atom stereocenters. The smallest absolute Gasteiger partial charge is 0.345 e. The summed E-state index contributed by atoms with van der Waals surface area (Å²) in [6.45, 7) is 0. The Hall–Kier alpha value is -2.68. The van der Waals surface area contributed by atoms with E-state index in [1.54, 1.807) is 6.07 Å². The number of hydrogen-bond acceptors (Lipinski definition) is 3. The molecular formula is C16H9NO2. The Morgan fingerprint density at radius 3 is 2.47 bits per heavy atom. The highest BCUT2D eigenvalue weighted by Gasteiger charge is 2.08. The summed E-state index contributed by atoms with van der Waals surface area (Å²) in [6.07, 6.45) is 0. The van der Waals surface area contributed by atoms with E-state index in [2.05, 4.69) is 4.98 Å². The van der Waals surface area contributed by atoms with Crippen molar-refractivity contribution in [2.45, 2.75) is 0 Å². The predicted molar refractivity (Wildman–Crippen MR) is 75.3 cm³/mol. The van der Waals surface area contributed by atoms with Crippen molar-refractivity contribution in [3.8, 4) is 0 Å². The standard InChI is InChI=1S/C16H9NO2/c18-16-12-7-3-2-6-11(12)13-9-10-5-1-4-8-14(10)17-15(13)19-16/h1-9H. The van der Waals surface area contributed by atoms with Crippen molar-refractivity contribution in [2.24, 2.45) is 0 Å². The lowest BCUT2D eigenvalue weighted by Gasteiger charge is -2.03. The molecule has 2 heterocycles. The van der Waals surface area contributed by atoms with E-state index in [9.17, 15) is 4.79 Å². The van der Waals surface area contributed by atoms with E-state index in [1.807, 2.05) is 48.5 Å². The molecule has 4 aromatic rings. The fraction of sp³-hybridized carbons (Fsp3) is 0. The average molecular weight is 247 g/mol. The van der Waals surface area contributed by atoms with Crippen LogP contribution >= 0.6 is 0 Å². The molecule has 4 rings (SSSR count). The van der Waals surface area contributed by atoms with E-state index in [4.69, 9.17) is 4.42 Å². The number of benzene rings is 2. The quantitative estimate of drug-likeness (QED) is 0.353. The first-order valence-corrected chi connectivity index (χ1v) is 6.04. The molecule has 0 amide bonds. The predicted octanol–water partition coefficient (Wildman–Crippen LogP) is 3.49. The maximum atomic E-state index is 11.9. The summed E-state index contributed by atoms with van der Waals surface area (Å²) in [7, 11) is 0. The highest BCUT2D eigenvalue weighted by Crippen LogP contribution is 2.24. The average Bonchev–Trinajstić information content (AvgIpc) is 2.46. The fourth-order valence-corrected chi connectivity index (χ4v) is 2.41. The van der Waals surface area contributed by atoms with E-state index in [-0.39, 0.29) is 5.63 Å². The van der Waals surface area contributed by atoms with Crippen LogP contribution in [-0.4, -0.2) is 4.98 Å². The van der Waals surface area contributed by atoms with Crippen LogP contribution in [0.2, 0.25) is 0 Å². The van der Waals surface area contributed by atoms with Crippen LogP contribution in [0.15, 0.2) is 63.8 Å². The maximum Gasteiger partial charge on any atom is 0.345 e. The molecule has 3 nitrogen and oxygen atoms in total. The zero-order chi connectivity index (χ0) is 12.8. The Morgan fingerprint density at radius 2 is 1.58 bits per heavy atom. The first kappa shape index (κ1) is 10.3. The summed E-state index contributed by atoms with van der Waals surface area (Å²) in [5, 5.41) is 3.38. The summed E-state index contributed by atoms with van der Waals surface area (Å²) in [5.41, 5.74) is 0.877. The Labute approximate surface area is 108 Å². The van der Waals surface area contributed by atoms with Crippen molar-refractivity contribution < 1.29 is 4.42 Å². The van der Waals surface area contributed by atoms with Gasteiger partial charge in [-0.3, -0.25) is 0 Å². The fourth-order valence-electron chi connectivity index (χ4n) is 2.41. The van der Waals surface area contributed by atoms with Gasteiger partial charge >= 0.3 is 5.63 Å². The number of nitrogens with zero attached hydrogens (tertiary/aromatic N) is 1. The molecule has 0 aliphatic carbocycles. The van der Waals surface area contributed by atoms with E-state index >= 15 is 0 Å². The van der Waals surface area contributed by atoms with Crippen LogP contribution in [0.25, 0.3) is 32.8 Å². The lowest BCUT2D eigenvalue weighted by atomic mass is 10.1.